The molecular weight excluding hydrogens is 502 g/mol. The normalized spacial score (nSPS) is 10.5. The predicted octanol–water partition coefficient (Wildman–Crippen LogP) is 5.26. The second-order valence-corrected chi connectivity index (χ2v) is 7.85. The first-order chi connectivity index (χ1) is 18.2. The SMILES string of the molecule is Fc1cccc2c1cc1ccccc1[n+]2-c1cccc2c1cc1ccccc1[n+]2F.O=[N+]([O-])[O-].O=[N+]([O-])[O-]. The first kappa shape index (κ1) is 25.6. The van der Waals surface area contributed by atoms with Crippen LogP contribution in [0.4, 0.5) is 8.87 Å². The molecule has 0 N–H and O–H groups in total. The second kappa shape index (κ2) is 10.6. The van der Waals surface area contributed by atoms with E-state index in [0.717, 1.165) is 37.7 Å². The molecule has 0 saturated carbocycles. The molecule has 2 aromatic heterocycles. The number of benzene rings is 4. The molecule has 0 aliphatic rings. The Balaban J connectivity index is 0.000000373. The lowest BCUT2D eigenvalue weighted by molar-refractivity contribution is -0.800. The average molecular weight is 518 g/mol. The van der Waals surface area contributed by atoms with Crippen molar-refractivity contribution < 1.29 is 28.4 Å². The Morgan fingerprint density at radius 2 is 1.05 bits per heavy atom. The smallest absolute Gasteiger partial charge is 0.268 e. The van der Waals surface area contributed by atoms with Crippen molar-refractivity contribution in [3.05, 3.63) is 134 Å². The van der Waals surface area contributed by atoms with Crippen LogP contribution in [0.25, 0.3) is 49.3 Å². The maximum atomic E-state index is 15.3. The predicted molar refractivity (Wildman–Crippen MR) is 135 cm³/mol. The maximum Gasteiger partial charge on any atom is 0.268 e. The van der Waals surface area contributed by atoms with Gasteiger partial charge in [0.1, 0.15) is 11.2 Å². The van der Waals surface area contributed by atoms with Crippen LogP contribution < -0.4 is 9.36 Å². The Morgan fingerprint density at radius 1 is 0.579 bits per heavy atom. The van der Waals surface area contributed by atoms with Gasteiger partial charge in [-0.15, -0.1) is 0 Å². The molecule has 190 valence electrons. The minimum Gasteiger partial charge on any atom is -0.356 e. The minimum absolute atomic E-state index is 0.279. The lowest BCUT2D eigenvalue weighted by atomic mass is 10.1. The summed E-state index contributed by atoms with van der Waals surface area (Å²) >= 11 is 0. The molecule has 0 amide bonds. The average Bonchev–Trinajstić information content (AvgIpc) is 2.87. The Hall–Kier alpha value is -5.52. The Kier molecular flexibility index (Phi) is 7.15. The van der Waals surface area contributed by atoms with E-state index in [0.29, 0.717) is 16.4 Å². The molecule has 4 aromatic carbocycles. The second-order valence-electron chi connectivity index (χ2n) is 7.85. The molecule has 0 aliphatic carbocycles. The molecule has 0 fully saturated rings. The number of aromatic nitrogens is 2. The molecule has 12 heteroatoms. The summed E-state index contributed by atoms with van der Waals surface area (Å²) in [5.41, 5.74) is 3.45. The number of pyridine rings is 2. The summed E-state index contributed by atoms with van der Waals surface area (Å²) in [7, 11) is 0. The summed E-state index contributed by atoms with van der Waals surface area (Å²) in [4.78, 5) is 17.2. The number of halogens is 2. The van der Waals surface area contributed by atoms with Gasteiger partial charge < -0.3 is 30.6 Å². The van der Waals surface area contributed by atoms with Crippen LogP contribution in [0.3, 0.4) is 0 Å². The van der Waals surface area contributed by atoms with Crippen LogP contribution in [-0.4, -0.2) is 10.2 Å². The van der Waals surface area contributed by atoms with E-state index in [1.54, 1.807) is 18.2 Å². The van der Waals surface area contributed by atoms with Gasteiger partial charge in [-0.25, -0.2) is 4.39 Å². The van der Waals surface area contributed by atoms with E-state index in [-0.39, 0.29) is 5.82 Å². The van der Waals surface area contributed by atoms with E-state index in [4.69, 9.17) is 30.6 Å². The van der Waals surface area contributed by atoms with Crippen LogP contribution in [0, 0.1) is 36.5 Å². The van der Waals surface area contributed by atoms with Gasteiger partial charge >= 0.3 is 0 Å². The Morgan fingerprint density at radius 3 is 1.71 bits per heavy atom. The third-order valence-corrected chi connectivity index (χ3v) is 5.71. The van der Waals surface area contributed by atoms with Gasteiger partial charge in [-0.2, -0.15) is 4.57 Å². The van der Waals surface area contributed by atoms with Gasteiger partial charge in [-0.05, 0) is 36.4 Å². The van der Waals surface area contributed by atoms with Crippen molar-refractivity contribution in [1.29, 1.82) is 0 Å². The fraction of sp³-hybridized carbons (Fsp3) is 0. The van der Waals surface area contributed by atoms with Gasteiger partial charge in [-0.3, -0.25) is 0 Å². The molecule has 0 unspecified atom stereocenters. The molecule has 6 rings (SSSR count). The van der Waals surface area contributed by atoms with Crippen molar-refractivity contribution in [3.8, 4) is 5.69 Å². The van der Waals surface area contributed by atoms with E-state index in [9.17, 15) is 4.39 Å². The lowest BCUT2D eigenvalue weighted by Gasteiger charge is -2.07. The molecule has 0 aliphatic heterocycles. The van der Waals surface area contributed by atoms with E-state index in [1.807, 2.05) is 77.4 Å². The number of para-hydroxylation sites is 2. The standard InChI is InChI=1S/C26H16F2N2.2NO3/c27-21-9-5-12-24-19(21)15-17-7-1-3-10-22(17)29(24)25-13-6-14-26-20(25)16-18-8-2-4-11-23(18)30(26)28;2*2-1(3)4/h1-16H;;/q+2;2*-1. The molecule has 0 bridgehead atoms. The van der Waals surface area contributed by atoms with E-state index < -0.39 is 10.2 Å². The molecular formula is C26H16F2N4O6. The van der Waals surface area contributed by atoms with Crippen molar-refractivity contribution in [2.75, 3.05) is 0 Å². The fourth-order valence-corrected chi connectivity index (χ4v) is 4.35. The quantitative estimate of drug-likeness (QED) is 0.126. The first-order valence-corrected chi connectivity index (χ1v) is 10.9. The van der Waals surface area contributed by atoms with E-state index in [1.165, 1.54) is 6.07 Å². The van der Waals surface area contributed by atoms with Crippen LogP contribution in [0.2, 0.25) is 0 Å². The maximum absolute atomic E-state index is 15.3. The topological polar surface area (TPSA) is 140 Å². The number of nitrogens with zero attached hydrogens (tertiary/aromatic N) is 4. The van der Waals surface area contributed by atoms with Gasteiger partial charge in [0, 0.05) is 40.5 Å². The van der Waals surface area contributed by atoms with Crippen LogP contribution in [0.5, 0.6) is 0 Å². The largest absolute Gasteiger partial charge is 0.356 e. The number of hydrogen-bond donors (Lipinski definition) is 0. The minimum atomic E-state index is -1.75. The molecule has 0 atom stereocenters. The number of hydrogen-bond acceptors (Lipinski definition) is 6. The van der Waals surface area contributed by atoms with Gasteiger partial charge in [-0.1, -0.05) is 30.3 Å². The summed E-state index contributed by atoms with van der Waals surface area (Å²) < 4.78 is 32.0. The van der Waals surface area contributed by atoms with Crippen LogP contribution in [0.15, 0.2) is 97.1 Å². The highest BCUT2D eigenvalue weighted by molar-refractivity contribution is 5.95. The Labute approximate surface area is 211 Å². The molecule has 10 nitrogen and oxygen atoms in total. The van der Waals surface area contributed by atoms with E-state index >= 15 is 4.48 Å². The van der Waals surface area contributed by atoms with Gasteiger partial charge in [0.15, 0.2) is 0 Å². The van der Waals surface area contributed by atoms with Crippen molar-refractivity contribution in [3.63, 3.8) is 0 Å². The highest BCUT2D eigenvalue weighted by atomic mass is 19.2. The monoisotopic (exact) mass is 518 g/mol. The van der Waals surface area contributed by atoms with Crippen molar-refractivity contribution in [2.45, 2.75) is 0 Å². The fourth-order valence-electron chi connectivity index (χ4n) is 4.35. The molecule has 2 heterocycles. The van der Waals surface area contributed by atoms with Crippen LogP contribution in [-0.2, 0) is 0 Å². The summed E-state index contributed by atoms with van der Waals surface area (Å²) in [5, 5.41) is 32.5. The zero-order chi connectivity index (χ0) is 27.4. The zero-order valence-corrected chi connectivity index (χ0v) is 19.2. The molecule has 6 aromatic rings. The molecule has 0 saturated heterocycles. The third kappa shape index (κ3) is 5.04. The summed E-state index contributed by atoms with van der Waals surface area (Å²) in [6, 6.07) is 29.7. The van der Waals surface area contributed by atoms with Crippen molar-refractivity contribution in [2.24, 2.45) is 0 Å². The number of rotatable bonds is 1. The summed E-state index contributed by atoms with van der Waals surface area (Å²) in [6.45, 7) is 0. The van der Waals surface area contributed by atoms with E-state index in [2.05, 4.69) is 0 Å². The Bertz CT molecular complexity index is 1830. The number of fused-ring (bicyclic) bond motifs is 4. The van der Waals surface area contributed by atoms with Gasteiger partial charge in [0.25, 0.3) is 11.0 Å². The molecule has 0 spiro atoms. The molecule has 38 heavy (non-hydrogen) atoms. The summed E-state index contributed by atoms with van der Waals surface area (Å²) in [6.07, 6.45) is 0. The molecule has 0 radical (unpaired) electrons. The van der Waals surface area contributed by atoms with Gasteiger partial charge in [0.05, 0.1) is 25.4 Å². The van der Waals surface area contributed by atoms with Crippen LogP contribution in [0.1, 0.15) is 0 Å². The highest BCUT2D eigenvalue weighted by Crippen LogP contribution is 2.27. The van der Waals surface area contributed by atoms with Crippen molar-refractivity contribution >= 4 is 43.6 Å². The summed E-state index contributed by atoms with van der Waals surface area (Å²) in [5.74, 6) is -0.279. The third-order valence-electron chi connectivity index (χ3n) is 5.71. The highest BCUT2D eigenvalue weighted by Gasteiger charge is 2.26. The van der Waals surface area contributed by atoms with Gasteiger partial charge in [0.2, 0.25) is 16.7 Å². The lowest BCUT2D eigenvalue weighted by Crippen LogP contribution is -2.34. The van der Waals surface area contributed by atoms with Crippen molar-refractivity contribution in [1.82, 2.24) is 0 Å². The first-order valence-electron chi connectivity index (χ1n) is 10.9. The van der Waals surface area contributed by atoms with Crippen LogP contribution >= 0.6 is 0 Å². The zero-order valence-electron chi connectivity index (χ0n) is 19.2.